The van der Waals surface area contributed by atoms with Gasteiger partial charge in [-0.15, -0.1) is 5.10 Å². The van der Waals surface area contributed by atoms with Crippen molar-refractivity contribution >= 4 is 17.6 Å². The molecule has 21 heavy (non-hydrogen) atoms. The highest BCUT2D eigenvalue weighted by molar-refractivity contribution is 7.99. The molecule has 0 unspecified atom stereocenters. The Hall–Kier alpha value is -2.48. The SMILES string of the molecule is N/C(=N/O)c1ccnnc1Sc1ccc2c(c1)OCCO2. The van der Waals surface area contributed by atoms with E-state index in [0.717, 1.165) is 10.6 Å². The van der Waals surface area contributed by atoms with E-state index in [0.29, 0.717) is 29.6 Å². The Balaban J connectivity index is 1.90. The molecule has 3 rings (SSSR count). The third-order valence-corrected chi connectivity index (χ3v) is 3.78. The van der Waals surface area contributed by atoms with Crippen molar-refractivity contribution in [1.82, 2.24) is 10.2 Å². The van der Waals surface area contributed by atoms with Gasteiger partial charge in [0.1, 0.15) is 18.2 Å². The lowest BCUT2D eigenvalue weighted by molar-refractivity contribution is 0.171. The van der Waals surface area contributed by atoms with Crippen LogP contribution >= 0.6 is 11.8 Å². The predicted molar refractivity (Wildman–Crippen MR) is 76.1 cm³/mol. The lowest BCUT2D eigenvalue weighted by atomic mass is 10.3. The van der Waals surface area contributed by atoms with Gasteiger partial charge >= 0.3 is 0 Å². The maximum absolute atomic E-state index is 8.81. The maximum atomic E-state index is 8.81. The highest BCUT2D eigenvalue weighted by atomic mass is 32.2. The van der Waals surface area contributed by atoms with Crippen LogP contribution in [-0.2, 0) is 0 Å². The Kier molecular flexibility index (Phi) is 3.78. The van der Waals surface area contributed by atoms with Gasteiger partial charge in [-0.1, -0.05) is 16.9 Å². The number of hydrogen-bond donors (Lipinski definition) is 2. The van der Waals surface area contributed by atoms with E-state index < -0.39 is 0 Å². The predicted octanol–water partition coefficient (Wildman–Crippen LogP) is 1.49. The number of oxime groups is 1. The normalized spacial score (nSPS) is 14.0. The third kappa shape index (κ3) is 2.84. The first kappa shape index (κ1) is 13.5. The summed E-state index contributed by atoms with van der Waals surface area (Å²) < 4.78 is 11.0. The smallest absolute Gasteiger partial charge is 0.172 e. The minimum atomic E-state index is -0.00931. The van der Waals surface area contributed by atoms with Gasteiger partial charge in [0.25, 0.3) is 0 Å². The lowest BCUT2D eigenvalue weighted by Gasteiger charge is -2.18. The maximum Gasteiger partial charge on any atom is 0.172 e. The molecule has 2 aromatic rings. The van der Waals surface area contributed by atoms with E-state index in [4.69, 9.17) is 20.4 Å². The number of nitrogens with zero attached hydrogens (tertiary/aromatic N) is 3. The first-order chi connectivity index (χ1) is 10.3. The van der Waals surface area contributed by atoms with E-state index in [2.05, 4.69) is 15.4 Å². The Morgan fingerprint density at radius 3 is 2.86 bits per heavy atom. The van der Waals surface area contributed by atoms with Crippen LogP contribution in [0.3, 0.4) is 0 Å². The van der Waals surface area contributed by atoms with Gasteiger partial charge in [0.05, 0.1) is 11.8 Å². The standard InChI is InChI=1S/C13H12N4O3S/c14-12(17-18)9-3-4-15-16-13(9)21-8-1-2-10-11(7-8)20-6-5-19-10/h1-4,7,18H,5-6H2,(H2,14,17). The van der Waals surface area contributed by atoms with Crippen LogP contribution in [0.4, 0.5) is 0 Å². The fourth-order valence-electron chi connectivity index (χ4n) is 1.84. The van der Waals surface area contributed by atoms with Crippen LogP contribution in [0.15, 0.2) is 45.5 Å². The third-order valence-electron chi connectivity index (χ3n) is 2.80. The number of hydrogen-bond acceptors (Lipinski definition) is 7. The lowest BCUT2D eigenvalue weighted by Crippen LogP contribution is -2.15. The second-order valence-corrected chi connectivity index (χ2v) is 5.21. The van der Waals surface area contributed by atoms with Crippen LogP contribution in [0.1, 0.15) is 5.56 Å². The number of nitrogens with two attached hydrogens (primary N) is 1. The van der Waals surface area contributed by atoms with E-state index in [1.807, 2.05) is 18.2 Å². The first-order valence-corrected chi connectivity index (χ1v) is 6.96. The number of benzene rings is 1. The molecule has 0 atom stereocenters. The number of amidine groups is 1. The van der Waals surface area contributed by atoms with Crippen LogP contribution in [0.25, 0.3) is 0 Å². The summed E-state index contributed by atoms with van der Waals surface area (Å²) >= 11 is 1.35. The summed E-state index contributed by atoms with van der Waals surface area (Å²) in [7, 11) is 0. The zero-order valence-electron chi connectivity index (χ0n) is 10.9. The van der Waals surface area contributed by atoms with Crippen molar-refractivity contribution in [2.75, 3.05) is 13.2 Å². The van der Waals surface area contributed by atoms with Crippen LogP contribution in [0, 0.1) is 0 Å². The molecule has 1 aromatic carbocycles. The first-order valence-electron chi connectivity index (χ1n) is 6.15. The molecule has 0 amide bonds. The molecule has 8 heteroatoms. The van der Waals surface area contributed by atoms with Crippen molar-refractivity contribution in [3.8, 4) is 11.5 Å². The fraction of sp³-hybridized carbons (Fsp3) is 0.154. The van der Waals surface area contributed by atoms with Crippen LogP contribution in [0.2, 0.25) is 0 Å². The van der Waals surface area contributed by atoms with Crippen LogP contribution in [0.5, 0.6) is 11.5 Å². The zero-order valence-corrected chi connectivity index (χ0v) is 11.7. The van der Waals surface area contributed by atoms with E-state index in [9.17, 15) is 0 Å². The molecule has 0 aliphatic carbocycles. The van der Waals surface area contributed by atoms with E-state index >= 15 is 0 Å². The van der Waals surface area contributed by atoms with E-state index in [1.54, 1.807) is 6.07 Å². The molecular weight excluding hydrogens is 292 g/mol. The Morgan fingerprint density at radius 2 is 2.05 bits per heavy atom. The molecule has 1 aromatic heterocycles. The molecule has 0 spiro atoms. The van der Waals surface area contributed by atoms with Gasteiger partial charge in [-0.2, -0.15) is 5.10 Å². The summed E-state index contributed by atoms with van der Waals surface area (Å²) in [5.74, 6) is 1.41. The van der Waals surface area contributed by atoms with Crippen molar-refractivity contribution in [2.45, 2.75) is 9.92 Å². The topological polar surface area (TPSA) is 103 Å². The molecule has 0 saturated carbocycles. The molecule has 0 saturated heterocycles. The van der Waals surface area contributed by atoms with Crippen LogP contribution in [-0.4, -0.2) is 34.5 Å². The molecule has 3 N–H and O–H groups in total. The quantitative estimate of drug-likeness (QED) is 0.383. The molecule has 0 fully saturated rings. The monoisotopic (exact) mass is 304 g/mol. The summed E-state index contributed by atoms with van der Waals surface area (Å²) in [6, 6.07) is 7.24. The molecule has 1 aliphatic heterocycles. The fourth-order valence-corrected chi connectivity index (χ4v) is 2.74. The minimum Gasteiger partial charge on any atom is -0.486 e. The van der Waals surface area contributed by atoms with Gasteiger partial charge in [0, 0.05) is 4.90 Å². The highest BCUT2D eigenvalue weighted by Gasteiger charge is 2.15. The average molecular weight is 304 g/mol. The Bertz CT molecular complexity index is 693. The molecule has 0 radical (unpaired) electrons. The largest absolute Gasteiger partial charge is 0.486 e. The van der Waals surface area contributed by atoms with Crippen molar-refractivity contribution in [1.29, 1.82) is 0 Å². The van der Waals surface area contributed by atoms with E-state index in [1.165, 1.54) is 18.0 Å². The number of ether oxygens (including phenoxy) is 2. The summed E-state index contributed by atoms with van der Waals surface area (Å²) in [6.45, 7) is 1.08. The molecular formula is C13H12N4O3S. The van der Waals surface area contributed by atoms with Gasteiger partial charge < -0.3 is 20.4 Å². The van der Waals surface area contributed by atoms with Crippen LogP contribution < -0.4 is 15.2 Å². The second-order valence-electron chi connectivity index (χ2n) is 4.14. The molecule has 108 valence electrons. The number of aromatic nitrogens is 2. The van der Waals surface area contributed by atoms with E-state index in [-0.39, 0.29) is 5.84 Å². The average Bonchev–Trinajstić information content (AvgIpc) is 2.54. The van der Waals surface area contributed by atoms with Gasteiger partial charge in [-0.25, -0.2) is 0 Å². The van der Waals surface area contributed by atoms with Gasteiger partial charge in [0.2, 0.25) is 0 Å². The summed E-state index contributed by atoms with van der Waals surface area (Å²) in [6.07, 6.45) is 1.49. The van der Waals surface area contributed by atoms with Crippen molar-refractivity contribution in [2.24, 2.45) is 10.9 Å². The minimum absolute atomic E-state index is 0.00931. The van der Waals surface area contributed by atoms with Crippen molar-refractivity contribution in [3.05, 3.63) is 36.0 Å². The van der Waals surface area contributed by atoms with Crippen molar-refractivity contribution in [3.63, 3.8) is 0 Å². The van der Waals surface area contributed by atoms with Crippen molar-refractivity contribution < 1.29 is 14.7 Å². The van der Waals surface area contributed by atoms with Gasteiger partial charge in [0.15, 0.2) is 17.3 Å². The number of rotatable bonds is 3. The summed E-state index contributed by atoms with van der Waals surface area (Å²) in [5.41, 5.74) is 6.15. The molecule has 0 bridgehead atoms. The van der Waals surface area contributed by atoms with Gasteiger partial charge in [-0.05, 0) is 24.3 Å². The Morgan fingerprint density at radius 1 is 1.24 bits per heavy atom. The molecule has 2 heterocycles. The summed E-state index contributed by atoms with van der Waals surface area (Å²) in [4.78, 5) is 0.895. The highest BCUT2D eigenvalue weighted by Crippen LogP contribution is 2.36. The summed E-state index contributed by atoms with van der Waals surface area (Å²) in [5, 5.41) is 20.2. The number of fused-ring (bicyclic) bond motifs is 1. The zero-order chi connectivity index (χ0) is 14.7. The second kappa shape index (κ2) is 5.88. The molecule has 1 aliphatic rings. The molecule has 7 nitrogen and oxygen atoms in total. The van der Waals surface area contributed by atoms with Gasteiger partial charge in [-0.3, -0.25) is 0 Å². The Labute approximate surface area is 124 Å².